The van der Waals surface area contributed by atoms with Crippen LogP contribution < -0.4 is 21.3 Å². The number of carbonyl (C=O) groups excluding carboxylic acids is 11. The second kappa shape index (κ2) is 33.2. The molecule has 95 heavy (non-hydrogen) atoms. The molecule has 0 aromatic rings. The zero-order valence-corrected chi connectivity index (χ0v) is 59.3. The Morgan fingerprint density at radius 3 is 1.82 bits per heavy atom. The predicted octanol–water partition coefficient (Wildman–Crippen LogP) is 6.54. The van der Waals surface area contributed by atoms with Crippen molar-refractivity contribution in [1.82, 2.24) is 55.6 Å². The smallest absolute Gasteiger partial charge is 0.351 e. The second-order valence-corrected chi connectivity index (χ2v) is 30.6. The highest BCUT2D eigenvalue weighted by Crippen LogP contribution is 2.44. The van der Waals surface area contributed by atoms with Crippen molar-refractivity contribution >= 4 is 76.6 Å². The average Bonchev–Trinajstić information content (AvgIpc) is 1.78. The van der Waals surface area contributed by atoms with E-state index in [0.717, 1.165) is 38.5 Å². The summed E-state index contributed by atoms with van der Waals surface area (Å²) in [5, 5.41) is 10.7. The van der Waals surface area contributed by atoms with Gasteiger partial charge in [0.05, 0.1) is 12.5 Å². The van der Waals surface area contributed by atoms with Gasteiger partial charge in [0.2, 0.25) is 65.0 Å². The van der Waals surface area contributed by atoms with Gasteiger partial charge in [-0.05, 0) is 139 Å². The van der Waals surface area contributed by atoms with E-state index >= 15 is 14.4 Å². The molecule has 13 atom stereocenters. The Kier molecular flexibility index (Phi) is 26.8. The number of halogens is 4. The number of nitrogens with one attached hydrogen (secondary N) is 4. The summed E-state index contributed by atoms with van der Waals surface area (Å²) >= 11 is 6.41. The molecule has 0 bridgehead atoms. The van der Waals surface area contributed by atoms with E-state index < -0.39 is 155 Å². The fraction of sp³-hybridized carbons (Fsp3) is 0.841. The number of hydrogen-bond donors (Lipinski definition) is 4. The van der Waals surface area contributed by atoms with E-state index in [9.17, 15) is 51.5 Å². The zero-order chi connectivity index (χ0) is 70.1. The summed E-state index contributed by atoms with van der Waals surface area (Å²) in [6.07, 6.45) is 5.19. The lowest BCUT2D eigenvalue weighted by Gasteiger charge is -2.44. The first kappa shape index (κ1) is 76.6. The molecule has 7 aliphatic rings. The third-order valence-corrected chi connectivity index (χ3v) is 23.2. The van der Waals surface area contributed by atoms with E-state index in [2.05, 4.69) is 28.2 Å². The van der Waals surface area contributed by atoms with Gasteiger partial charge in [0.25, 0.3) is 0 Å². The van der Waals surface area contributed by atoms with E-state index in [0.29, 0.717) is 44.4 Å². The van der Waals surface area contributed by atoms with Crippen molar-refractivity contribution in [3.8, 4) is 0 Å². The van der Waals surface area contributed by atoms with Crippen LogP contribution in [0.1, 0.15) is 203 Å². The topological polar surface area (TPSA) is 259 Å². The van der Waals surface area contributed by atoms with Gasteiger partial charge >= 0.3 is 6.18 Å². The lowest BCUT2D eigenvalue weighted by atomic mass is 9.78. The monoisotopic (exact) mass is 1360 g/mol. The molecule has 0 radical (unpaired) electrons. The van der Waals surface area contributed by atoms with E-state index in [1.807, 2.05) is 20.8 Å². The largest absolute Gasteiger partial charge is 0.393 e. The Morgan fingerprint density at radius 1 is 0.589 bits per heavy atom. The summed E-state index contributed by atoms with van der Waals surface area (Å²) < 4.78 is 42.0. The van der Waals surface area contributed by atoms with Gasteiger partial charge in [0.15, 0.2) is 0 Å². The van der Waals surface area contributed by atoms with Crippen molar-refractivity contribution in [2.45, 2.75) is 274 Å². The summed E-state index contributed by atoms with van der Waals surface area (Å²) in [7, 11) is 7.46. The van der Waals surface area contributed by atoms with Gasteiger partial charge in [-0.2, -0.15) is 13.2 Å². The summed E-state index contributed by atoms with van der Waals surface area (Å²) in [6.45, 7) is 12.6. The molecular weight excluding hydrogens is 1250 g/mol. The number of hydrogen-bond acceptors (Lipinski definition) is 11. The van der Waals surface area contributed by atoms with Gasteiger partial charge in [-0.1, -0.05) is 92.4 Å². The van der Waals surface area contributed by atoms with Crippen LogP contribution in [0, 0.1) is 41.4 Å². The standard InChI is InChI=1S/C69H111ClF3N11O11/c1-13-42(5)57-66(94)78(8)39-56(86)83-34-30-52(83)64(92)81(11)54(38-46-24-22-41(4)23-25-46)65(93)79(9)44(7)59(87)75-50(29-27-45-26-28-48(49(70)37-45)69(71,72)73)63(91)84-33-18-21-51(84)61(89)77-68(31-16-17-32-68)67(95)82(12)58(47-19-14-15-20-47)62(90)74-43(6)36-55(85)80(10)53(35-40(2)3)60(88)76-57/h40-54,57-58H,13-39H2,1-12H3,(H,74,90)(H,75,87)(H,76,88)(H,77,89)/t41?,42-,43+,44+,45?,46?,48?,49?,50-,51-,52-,53-,54-,57-,58-/m0/s1. The Bertz CT molecular complexity index is 2760. The maximum atomic E-state index is 15.3. The van der Waals surface area contributed by atoms with Crippen molar-refractivity contribution in [2.24, 2.45) is 41.4 Å². The lowest BCUT2D eigenvalue weighted by Crippen LogP contribution is -2.65. The van der Waals surface area contributed by atoms with Crippen LogP contribution >= 0.6 is 11.6 Å². The maximum Gasteiger partial charge on any atom is 0.393 e. The number of carbonyl (C=O) groups is 11. The third kappa shape index (κ3) is 18.5. The molecule has 0 aromatic carbocycles. The molecule has 3 saturated heterocycles. The third-order valence-electron chi connectivity index (χ3n) is 22.7. The molecular formula is C69H111ClF3N11O11. The van der Waals surface area contributed by atoms with Crippen molar-refractivity contribution < 1.29 is 65.9 Å². The molecule has 7 rings (SSSR count). The minimum atomic E-state index is -4.49. The van der Waals surface area contributed by atoms with E-state index in [1.54, 1.807) is 20.9 Å². The first-order valence-corrected chi connectivity index (χ1v) is 36.0. The van der Waals surface area contributed by atoms with Crippen LogP contribution in [0.5, 0.6) is 0 Å². The van der Waals surface area contributed by atoms with Crippen LogP contribution in [0.4, 0.5) is 13.2 Å². The molecule has 7 fully saturated rings. The van der Waals surface area contributed by atoms with Crippen LogP contribution in [0.25, 0.3) is 0 Å². The minimum absolute atomic E-state index is 0.0166. The van der Waals surface area contributed by atoms with Crippen LogP contribution in [-0.4, -0.2) is 226 Å². The van der Waals surface area contributed by atoms with Crippen molar-refractivity contribution in [3.05, 3.63) is 0 Å². The molecule has 4 N–H and O–H groups in total. The van der Waals surface area contributed by atoms with Gasteiger partial charge < -0.3 is 55.6 Å². The van der Waals surface area contributed by atoms with Gasteiger partial charge in [0, 0.05) is 66.2 Å². The van der Waals surface area contributed by atoms with Crippen molar-refractivity contribution in [3.63, 3.8) is 0 Å². The highest BCUT2D eigenvalue weighted by molar-refractivity contribution is 6.20. The molecule has 3 aliphatic heterocycles. The van der Waals surface area contributed by atoms with E-state index in [1.165, 1.54) is 69.4 Å². The quantitative estimate of drug-likeness (QED) is 0.171. The fourth-order valence-electron chi connectivity index (χ4n) is 16.0. The molecule has 3 unspecified atom stereocenters. The Labute approximate surface area is 566 Å². The molecule has 1 spiro atoms. The molecule has 4 aliphatic carbocycles. The molecule has 26 heteroatoms. The molecule has 0 aromatic heterocycles. The van der Waals surface area contributed by atoms with Gasteiger partial charge in [0.1, 0.15) is 53.9 Å². The molecule has 4 saturated carbocycles. The van der Waals surface area contributed by atoms with E-state index in [4.69, 9.17) is 11.6 Å². The number of likely N-dealkylation sites (N-methyl/N-ethyl adjacent to an activating group) is 5. The van der Waals surface area contributed by atoms with Gasteiger partial charge in [-0.3, -0.25) is 52.7 Å². The number of amides is 11. The predicted molar refractivity (Wildman–Crippen MR) is 352 cm³/mol. The number of alkyl halides is 4. The number of fused-ring (bicyclic) bond motifs is 2. The fourth-order valence-corrected chi connectivity index (χ4v) is 16.6. The summed E-state index contributed by atoms with van der Waals surface area (Å²) in [6, 6.07) is -9.70. The summed E-state index contributed by atoms with van der Waals surface area (Å²) in [4.78, 5) is 172. The first-order valence-electron chi connectivity index (χ1n) is 35.5. The Balaban J connectivity index is 1.24. The Morgan fingerprint density at radius 2 is 1.23 bits per heavy atom. The highest BCUT2D eigenvalue weighted by atomic mass is 35.5. The average molecular weight is 1360 g/mol. The van der Waals surface area contributed by atoms with E-state index in [-0.39, 0.29) is 114 Å². The number of rotatable bonds is 10. The maximum absolute atomic E-state index is 15.3. The molecule has 536 valence electrons. The first-order chi connectivity index (χ1) is 44.7. The lowest BCUT2D eigenvalue weighted by molar-refractivity contribution is -0.182. The zero-order valence-electron chi connectivity index (χ0n) is 58.5. The summed E-state index contributed by atoms with van der Waals surface area (Å²) in [5.41, 5.74) is -1.46. The Hall–Kier alpha value is -5.75. The van der Waals surface area contributed by atoms with Crippen LogP contribution in [-0.2, 0) is 52.7 Å². The van der Waals surface area contributed by atoms with Crippen LogP contribution in [0.15, 0.2) is 0 Å². The SMILES string of the molecule is CC[C@H](C)[C@@H]1NC(=O)[C@H](CC(C)C)N(C)C(=O)C[C@@H](C)NC(=O)[C@H](C2CCCC2)N(C)C(=O)C2(CCCC2)NC(=O)[C@@H]2CCCN2C(=O)[C@H](CCC2CCC(C(F)(F)F)C(Cl)C2)NC(=O)[C@@H](C)N(C)C(=O)[C@H](CC2CCC(C)CC2)N(C)C(=O)[C@@H]2CCN2C(=O)CN(C)C1=O. The molecule has 3 heterocycles. The van der Waals surface area contributed by atoms with Crippen LogP contribution in [0.2, 0.25) is 0 Å². The molecule has 11 amide bonds. The highest BCUT2D eigenvalue weighted by Gasteiger charge is 2.52. The van der Waals surface area contributed by atoms with Crippen molar-refractivity contribution in [2.75, 3.05) is 54.9 Å². The van der Waals surface area contributed by atoms with Gasteiger partial charge in [-0.25, -0.2) is 0 Å². The van der Waals surface area contributed by atoms with Crippen LogP contribution in [0.3, 0.4) is 0 Å². The van der Waals surface area contributed by atoms with Crippen molar-refractivity contribution in [1.29, 1.82) is 0 Å². The summed E-state index contributed by atoms with van der Waals surface area (Å²) in [5.74, 6) is -8.45. The van der Waals surface area contributed by atoms with Gasteiger partial charge in [-0.15, -0.1) is 11.6 Å². The molecule has 22 nitrogen and oxygen atoms in total. The number of nitrogens with zero attached hydrogens (tertiary/aromatic N) is 7. The second-order valence-electron chi connectivity index (χ2n) is 30.0. The minimum Gasteiger partial charge on any atom is -0.351 e. The normalized spacial score (nSPS) is 33.3.